The minimum absolute atomic E-state index is 0.0134. The largest absolute Gasteiger partial charge is 0.339 e. The zero-order valence-corrected chi connectivity index (χ0v) is 10.3. The van der Waals surface area contributed by atoms with E-state index < -0.39 is 0 Å². The van der Waals surface area contributed by atoms with Crippen LogP contribution in [0.3, 0.4) is 0 Å². The zero-order valence-electron chi connectivity index (χ0n) is 10.3. The van der Waals surface area contributed by atoms with Crippen LogP contribution >= 0.6 is 0 Å². The summed E-state index contributed by atoms with van der Waals surface area (Å²) in [5.41, 5.74) is 6.03. The van der Waals surface area contributed by atoms with Gasteiger partial charge < -0.3 is 10.6 Å². The average Bonchev–Trinajstić information content (AvgIpc) is 2.41. The Morgan fingerprint density at radius 2 is 1.89 bits per heavy atom. The van der Waals surface area contributed by atoms with Gasteiger partial charge >= 0.3 is 0 Å². The van der Waals surface area contributed by atoms with Crippen molar-refractivity contribution in [3.63, 3.8) is 0 Å². The van der Waals surface area contributed by atoms with E-state index in [2.05, 4.69) is 4.90 Å². The molecule has 2 rings (SSSR count). The lowest BCUT2D eigenvalue weighted by atomic mass is 10.2. The summed E-state index contributed by atoms with van der Waals surface area (Å²) in [6.07, 6.45) is 0. The van der Waals surface area contributed by atoms with Crippen LogP contribution in [0.2, 0.25) is 0 Å². The Morgan fingerprint density at radius 1 is 1.22 bits per heavy atom. The van der Waals surface area contributed by atoms with Gasteiger partial charge in [-0.1, -0.05) is 18.2 Å². The molecule has 0 atom stereocenters. The van der Waals surface area contributed by atoms with Crippen molar-refractivity contribution in [3.8, 4) is 0 Å². The number of nitrogens with zero attached hydrogens (tertiary/aromatic N) is 2. The first-order valence-electron chi connectivity index (χ1n) is 6.14. The van der Waals surface area contributed by atoms with E-state index in [9.17, 15) is 9.18 Å². The van der Waals surface area contributed by atoms with Gasteiger partial charge in [-0.2, -0.15) is 0 Å². The number of halogens is 1. The molecule has 1 heterocycles. The first kappa shape index (κ1) is 13.0. The second-order valence-electron chi connectivity index (χ2n) is 4.45. The van der Waals surface area contributed by atoms with Gasteiger partial charge in [-0.3, -0.25) is 9.69 Å². The monoisotopic (exact) mass is 251 g/mol. The molecular formula is C13H18FN3O. The Labute approximate surface area is 106 Å². The quantitative estimate of drug-likeness (QED) is 0.847. The minimum atomic E-state index is -0.169. The summed E-state index contributed by atoms with van der Waals surface area (Å²) in [4.78, 5) is 15.3. The molecule has 0 aromatic heterocycles. The zero-order chi connectivity index (χ0) is 13.0. The van der Waals surface area contributed by atoms with Crippen LogP contribution < -0.4 is 5.73 Å². The van der Waals surface area contributed by atoms with Gasteiger partial charge in [-0.15, -0.1) is 0 Å². The highest BCUT2D eigenvalue weighted by atomic mass is 19.1. The molecule has 1 aliphatic rings. The molecule has 1 aliphatic heterocycles. The first-order valence-corrected chi connectivity index (χ1v) is 6.14. The summed E-state index contributed by atoms with van der Waals surface area (Å²) < 4.78 is 13.5. The van der Waals surface area contributed by atoms with Crippen LogP contribution in [-0.4, -0.2) is 48.4 Å². The molecule has 0 saturated carbocycles. The van der Waals surface area contributed by atoms with Gasteiger partial charge in [-0.05, 0) is 6.07 Å². The Hall–Kier alpha value is -1.46. The summed E-state index contributed by atoms with van der Waals surface area (Å²) in [5.74, 6) is -0.182. The van der Waals surface area contributed by atoms with Crippen molar-refractivity contribution in [2.24, 2.45) is 5.73 Å². The van der Waals surface area contributed by atoms with Crippen LogP contribution in [0, 0.1) is 5.82 Å². The topological polar surface area (TPSA) is 49.6 Å². The van der Waals surface area contributed by atoms with E-state index >= 15 is 0 Å². The fourth-order valence-corrected chi connectivity index (χ4v) is 2.15. The average molecular weight is 251 g/mol. The molecule has 1 saturated heterocycles. The van der Waals surface area contributed by atoms with Gasteiger partial charge in [0.2, 0.25) is 5.91 Å². The highest BCUT2D eigenvalue weighted by Gasteiger charge is 2.20. The molecule has 0 unspecified atom stereocenters. The highest BCUT2D eigenvalue weighted by Crippen LogP contribution is 2.11. The molecule has 5 heteroatoms. The molecule has 0 bridgehead atoms. The second kappa shape index (κ2) is 5.93. The number of hydrogen-bond donors (Lipinski definition) is 1. The third-order valence-electron chi connectivity index (χ3n) is 3.25. The molecule has 4 nitrogen and oxygen atoms in total. The van der Waals surface area contributed by atoms with Gasteiger partial charge in [-0.25, -0.2) is 4.39 Å². The third-order valence-corrected chi connectivity index (χ3v) is 3.25. The fraction of sp³-hybridized carbons (Fsp3) is 0.462. The molecule has 98 valence electrons. The Morgan fingerprint density at radius 3 is 2.50 bits per heavy atom. The summed E-state index contributed by atoms with van der Waals surface area (Å²) in [7, 11) is 0. The van der Waals surface area contributed by atoms with E-state index in [1.54, 1.807) is 17.0 Å². The maximum atomic E-state index is 13.5. The number of nitrogens with two attached hydrogens (primary N) is 1. The van der Waals surface area contributed by atoms with Crippen molar-refractivity contribution < 1.29 is 9.18 Å². The molecule has 0 aliphatic carbocycles. The maximum Gasteiger partial charge on any atom is 0.236 e. The summed E-state index contributed by atoms with van der Waals surface area (Å²) >= 11 is 0. The van der Waals surface area contributed by atoms with Crippen molar-refractivity contribution in [2.45, 2.75) is 6.54 Å². The van der Waals surface area contributed by atoms with E-state index in [0.717, 1.165) is 13.1 Å². The van der Waals surface area contributed by atoms with Crippen LogP contribution in [0.4, 0.5) is 4.39 Å². The molecule has 1 aromatic rings. The fourth-order valence-electron chi connectivity index (χ4n) is 2.15. The smallest absolute Gasteiger partial charge is 0.236 e. The van der Waals surface area contributed by atoms with E-state index in [0.29, 0.717) is 25.2 Å². The predicted octanol–water partition coefficient (Wildman–Crippen LogP) is 0.429. The van der Waals surface area contributed by atoms with Gasteiger partial charge in [0.15, 0.2) is 0 Å². The summed E-state index contributed by atoms with van der Waals surface area (Å²) in [6.45, 7) is 3.53. The Balaban J connectivity index is 1.87. The predicted molar refractivity (Wildman–Crippen MR) is 67.3 cm³/mol. The number of rotatable bonds is 3. The minimum Gasteiger partial charge on any atom is -0.339 e. The van der Waals surface area contributed by atoms with Crippen molar-refractivity contribution in [1.82, 2.24) is 9.80 Å². The summed E-state index contributed by atoms with van der Waals surface area (Å²) in [5, 5.41) is 0. The van der Waals surface area contributed by atoms with Crippen LogP contribution in [0.1, 0.15) is 5.56 Å². The Kier molecular flexibility index (Phi) is 4.28. The highest BCUT2D eigenvalue weighted by molar-refractivity contribution is 5.78. The van der Waals surface area contributed by atoms with Crippen LogP contribution in [0.15, 0.2) is 24.3 Å². The third kappa shape index (κ3) is 3.05. The molecule has 0 radical (unpaired) electrons. The molecule has 1 amide bonds. The van der Waals surface area contributed by atoms with Gasteiger partial charge in [0.05, 0.1) is 6.54 Å². The molecule has 18 heavy (non-hydrogen) atoms. The van der Waals surface area contributed by atoms with Crippen molar-refractivity contribution in [2.75, 3.05) is 32.7 Å². The van der Waals surface area contributed by atoms with Crippen molar-refractivity contribution >= 4 is 5.91 Å². The lowest BCUT2D eigenvalue weighted by molar-refractivity contribution is -0.131. The first-order chi connectivity index (χ1) is 8.70. The van der Waals surface area contributed by atoms with E-state index in [1.807, 2.05) is 6.07 Å². The van der Waals surface area contributed by atoms with Crippen molar-refractivity contribution in [1.29, 1.82) is 0 Å². The number of hydrogen-bond acceptors (Lipinski definition) is 3. The second-order valence-corrected chi connectivity index (χ2v) is 4.45. The number of carbonyl (C=O) groups excluding carboxylic acids is 1. The number of piperazine rings is 1. The SMILES string of the molecule is NCC(=O)N1CCN(Cc2ccccc2F)CC1. The number of carbonyl (C=O) groups is 1. The van der Waals surface area contributed by atoms with E-state index in [4.69, 9.17) is 5.73 Å². The van der Waals surface area contributed by atoms with E-state index in [1.165, 1.54) is 6.07 Å². The van der Waals surface area contributed by atoms with Crippen LogP contribution in [0.25, 0.3) is 0 Å². The Bertz CT molecular complexity index is 416. The summed E-state index contributed by atoms with van der Waals surface area (Å²) in [6, 6.07) is 6.81. The maximum absolute atomic E-state index is 13.5. The lowest BCUT2D eigenvalue weighted by Crippen LogP contribution is -2.49. The standard InChI is InChI=1S/C13H18FN3O/c14-12-4-2-1-3-11(12)10-16-5-7-17(8-6-16)13(18)9-15/h1-4H,5-10,15H2. The van der Waals surface area contributed by atoms with Crippen LogP contribution in [-0.2, 0) is 11.3 Å². The van der Waals surface area contributed by atoms with Gasteiger partial charge in [0, 0.05) is 38.3 Å². The number of amides is 1. The molecule has 2 N–H and O–H groups in total. The molecule has 1 aromatic carbocycles. The van der Waals surface area contributed by atoms with Crippen LogP contribution in [0.5, 0.6) is 0 Å². The van der Waals surface area contributed by atoms with Gasteiger partial charge in [0.1, 0.15) is 5.82 Å². The molecular weight excluding hydrogens is 233 g/mol. The van der Waals surface area contributed by atoms with Gasteiger partial charge in [0.25, 0.3) is 0 Å². The lowest BCUT2D eigenvalue weighted by Gasteiger charge is -2.34. The molecule has 1 fully saturated rings. The number of benzene rings is 1. The van der Waals surface area contributed by atoms with E-state index in [-0.39, 0.29) is 18.3 Å². The van der Waals surface area contributed by atoms with Crippen molar-refractivity contribution in [3.05, 3.63) is 35.6 Å². The molecule has 0 spiro atoms. The normalized spacial score (nSPS) is 16.9.